The maximum Gasteiger partial charge on any atom is 0.264 e. The molecule has 112 valence electrons. The molecule has 3 nitrogen and oxygen atoms in total. The predicted octanol–water partition coefficient (Wildman–Crippen LogP) is 3.57. The molecule has 4 rings (SSSR count). The Balaban J connectivity index is 1.54. The second-order valence-corrected chi connectivity index (χ2v) is 8.40. The van der Waals surface area contributed by atoms with E-state index in [1.54, 1.807) is 22.7 Å². The van der Waals surface area contributed by atoms with E-state index in [1.165, 1.54) is 28.7 Å². The number of hydrogen-bond donors (Lipinski definition) is 1. The van der Waals surface area contributed by atoms with Crippen LogP contribution < -0.4 is 5.32 Å². The Kier molecular flexibility index (Phi) is 3.52. The SMILES string of the molecule is O=C(c1cc2sccc2s1)N1CCCC2(CCCNC2)C1. The zero-order valence-corrected chi connectivity index (χ0v) is 13.7. The minimum absolute atomic E-state index is 0.244. The van der Waals surface area contributed by atoms with Gasteiger partial charge in [-0.25, -0.2) is 0 Å². The highest BCUT2D eigenvalue weighted by atomic mass is 32.1. The number of likely N-dealkylation sites (tertiary alicyclic amines) is 1. The molecule has 2 aromatic heterocycles. The summed E-state index contributed by atoms with van der Waals surface area (Å²) in [5.41, 5.74) is 0.334. The Labute approximate surface area is 133 Å². The van der Waals surface area contributed by atoms with Crippen LogP contribution in [-0.2, 0) is 0 Å². The van der Waals surface area contributed by atoms with Crippen LogP contribution in [0.25, 0.3) is 9.40 Å². The van der Waals surface area contributed by atoms with Gasteiger partial charge in [-0.3, -0.25) is 4.79 Å². The summed E-state index contributed by atoms with van der Waals surface area (Å²) < 4.78 is 2.49. The molecule has 5 heteroatoms. The molecule has 2 fully saturated rings. The van der Waals surface area contributed by atoms with Crippen molar-refractivity contribution in [3.8, 4) is 0 Å². The van der Waals surface area contributed by atoms with Crippen LogP contribution in [0.5, 0.6) is 0 Å². The van der Waals surface area contributed by atoms with E-state index in [9.17, 15) is 4.79 Å². The molecule has 1 atom stereocenters. The van der Waals surface area contributed by atoms with Gasteiger partial charge >= 0.3 is 0 Å². The minimum atomic E-state index is 0.244. The van der Waals surface area contributed by atoms with Crippen molar-refractivity contribution in [2.24, 2.45) is 5.41 Å². The molecule has 0 saturated carbocycles. The summed E-state index contributed by atoms with van der Waals surface area (Å²) in [7, 11) is 0. The van der Waals surface area contributed by atoms with E-state index in [0.717, 1.165) is 37.5 Å². The van der Waals surface area contributed by atoms with Crippen LogP contribution in [0, 0.1) is 5.41 Å². The molecule has 21 heavy (non-hydrogen) atoms. The third kappa shape index (κ3) is 2.51. The van der Waals surface area contributed by atoms with E-state index in [-0.39, 0.29) is 5.91 Å². The molecule has 0 aromatic carbocycles. The van der Waals surface area contributed by atoms with Crippen molar-refractivity contribution in [3.05, 3.63) is 22.4 Å². The molecule has 1 unspecified atom stereocenters. The molecule has 2 aliphatic rings. The number of rotatable bonds is 1. The van der Waals surface area contributed by atoms with E-state index in [4.69, 9.17) is 0 Å². The number of piperidine rings is 2. The highest BCUT2D eigenvalue weighted by Crippen LogP contribution is 2.37. The number of nitrogens with zero attached hydrogens (tertiary/aromatic N) is 1. The highest BCUT2D eigenvalue weighted by Gasteiger charge is 2.38. The maximum atomic E-state index is 12.8. The van der Waals surface area contributed by atoms with Crippen molar-refractivity contribution in [2.45, 2.75) is 25.7 Å². The molecule has 1 N–H and O–H groups in total. The summed E-state index contributed by atoms with van der Waals surface area (Å²) in [5.74, 6) is 0.244. The Morgan fingerprint density at radius 2 is 2.19 bits per heavy atom. The summed E-state index contributed by atoms with van der Waals surface area (Å²) >= 11 is 3.37. The van der Waals surface area contributed by atoms with Crippen molar-refractivity contribution >= 4 is 38.0 Å². The average molecular weight is 320 g/mol. The lowest BCUT2D eigenvalue weighted by Gasteiger charge is -2.45. The van der Waals surface area contributed by atoms with Crippen LogP contribution in [-0.4, -0.2) is 37.0 Å². The molecule has 0 bridgehead atoms. The van der Waals surface area contributed by atoms with Gasteiger partial charge < -0.3 is 10.2 Å². The maximum absolute atomic E-state index is 12.8. The van der Waals surface area contributed by atoms with Gasteiger partial charge in [0.1, 0.15) is 0 Å². The molecule has 2 aromatic rings. The van der Waals surface area contributed by atoms with Gasteiger partial charge in [-0.15, -0.1) is 22.7 Å². The molecule has 2 saturated heterocycles. The first kappa shape index (κ1) is 13.7. The lowest BCUT2D eigenvalue weighted by atomic mass is 9.74. The fraction of sp³-hybridized carbons (Fsp3) is 0.562. The van der Waals surface area contributed by atoms with Crippen LogP contribution in [0.2, 0.25) is 0 Å². The number of fused-ring (bicyclic) bond motifs is 1. The monoisotopic (exact) mass is 320 g/mol. The van der Waals surface area contributed by atoms with Crippen molar-refractivity contribution in [3.63, 3.8) is 0 Å². The molecule has 0 aliphatic carbocycles. The van der Waals surface area contributed by atoms with E-state index in [2.05, 4.69) is 27.7 Å². The van der Waals surface area contributed by atoms with E-state index < -0.39 is 0 Å². The Morgan fingerprint density at radius 3 is 3.00 bits per heavy atom. The Bertz CT molecular complexity index is 620. The van der Waals surface area contributed by atoms with E-state index in [0.29, 0.717) is 5.41 Å². The molecule has 4 heterocycles. The molecule has 0 radical (unpaired) electrons. The first-order chi connectivity index (χ1) is 10.3. The topological polar surface area (TPSA) is 32.3 Å². The quantitative estimate of drug-likeness (QED) is 0.871. The first-order valence-corrected chi connectivity index (χ1v) is 9.43. The van der Waals surface area contributed by atoms with Gasteiger partial charge in [-0.05, 0) is 49.7 Å². The molecule has 1 amide bonds. The van der Waals surface area contributed by atoms with Crippen molar-refractivity contribution < 1.29 is 4.79 Å². The zero-order chi connectivity index (χ0) is 14.3. The normalized spacial score (nSPS) is 26.6. The third-order valence-electron chi connectivity index (χ3n) is 4.86. The van der Waals surface area contributed by atoms with Crippen molar-refractivity contribution in [2.75, 3.05) is 26.2 Å². The minimum Gasteiger partial charge on any atom is -0.337 e. The van der Waals surface area contributed by atoms with Gasteiger partial charge in [0.25, 0.3) is 5.91 Å². The predicted molar refractivity (Wildman–Crippen MR) is 89.4 cm³/mol. The third-order valence-corrected chi connectivity index (χ3v) is 6.94. The van der Waals surface area contributed by atoms with Gasteiger partial charge in [0.2, 0.25) is 0 Å². The summed E-state index contributed by atoms with van der Waals surface area (Å²) in [6.07, 6.45) is 4.93. The molecule has 2 aliphatic heterocycles. The number of hydrogen-bond acceptors (Lipinski definition) is 4. The van der Waals surface area contributed by atoms with Gasteiger partial charge in [-0.1, -0.05) is 0 Å². The standard InChI is InChI=1S/C16H20N2OS2/c19-15(14-9-13-12(21-14)3-8-20-13)18-7-2-5-16(11-18)4-1-6-17-10-16/h3,8-9,17H,1-2,4-7,10-11H2. The average Bonchev–Trinajstić information content (AvgIpc) is 3.08. The van der Waals surface area contributed by atoms with Gasteiger partial charge in [-0.2, -0.15) is 0 Å². The summed E-state index contributed by atoms with van der Waals surface area (Å²) in [6.45, 7) is 4.07. The van der Waals surface area contributed by atoms with Crippen LogP contribution >= 0.6 is 22.7 Å². The number of carbonyl (C=O) groups excluding carboxylic acids is 1. The van der Waals surface area contributed by atoms with Gasteiger partial charge in [0, 0.05) is 34.4 Å². The Morgan fingerprint density at radius 1 is 1.29 bits per heavy atom. The summed E-state index contributed by atoms with van der Waals surface area (Å²) in [4.78, 5) is 15.8. The Hall–Kier alpha value is -0.910. The smallest absolute Gasteiger partial charge is 0.264 e. The van der Waals surface area contributed by atoms with Crippen molar-refractivity contribution in [1.82, 2.24) is 10.2 Å². The highest BCUT2D eigenvalue weighted by molar-refractivity contribution is 7.27. The fourth-order valence-corrected chi connectivity index (χ4v) is 5.86. The van der Waals surface area contributed by atoms with E-state index in [1.807, 2.05) is 0 Å². The second-order valence-electron chi connectivity index (χ2n) is 6.37. The first-order valence-electron chi connectivity index (χ1n) is 7.73. The summed E-state index contributed by atoms with van der Waals surface area (Å²) in [6, 6.07) is 4.19. The number of amides is 1. The van der Waals surface area contributed by atoms with Gasteiger partial charge in [0.05, 0.1) is 4.88 Å². The summed E-state index contributed by atoms with van der Waals surface area (Å²) in [5, 5.41) is 5.62. The van der Waals surface area contributed by atoms with Gasteiger partial charge in [0.15, 0.2) is 0 Å². The molecular formula is C16H20N2OS2. The van der Waals surface area contributed by atoms with Crippen LogP contribution in [0.4, 0.5) is 0 Å². The van der Waals surface area contributed by atoms with E-state index >= 15 is 0 Å². The number of nitrogens with one attached hydrogen (secondary N) is 1. The lowest BCUT2D eigenvalue weighted by molar-refractivity contribution is 0.0438. The largest absolute Gasteiger partial charge is 0.337 e. The molecule has 1 spiro atoms. The van der Waals surface area contributed by atoms with Crippen LogP contribution in [0.1, 0.15) is 35.4 Å². The fourth-order valence-electron chi connectivity index (χ4n) is 3.79. The van der Waals surface area contributed by atoms with Crippen molar-refractivity contribution in [1.29, 1.82) is 0 Å². The number of thiophene rings is 2. The lowest BCUT2D eigenvalue weighted by Crippen LogP contribution is -2.52. The van der Waals surface area contributed by atoms with Crippen LogP contribution in [0.3, 0.4) is 0 Å². The zero-order valence-electron chi connectivity index (χ0n) is 12.1. The van der Waals surface area contributed by atoms with Crippen LogP contribution in [0.15, 0.2) is 17.5 Å². The molecular weight excluding hydrogens is 300 g/mol. The number of carbonyl (C=O) groups is 1. The second kappa shape index (κ2) is 5.38.